The number of rotatable bonds is 4. The summed E-state index contributed by atoms with van der Waals surface area (Å²) in [6.07, 6.45) is 0.974. The zero-order chi connectivity index (χ0) is 11.4. The van der Waals surface area contributed by atoms with Crippen molar-refractivity contribution in [2.45, 2.75) is 33.1 Å². The van der Waals surface area contributed by atoms with Crippen LogP contribution in [-0.4, -0.2) is 12.9 Å². The average molecular weight is 206 g/mol. The van der Waals surface area contributed by atoms with Crippen LogP contribution in [-0.2, 0) is 11.2 Å². The number of hydrogen-bond acceptors (Lipinski definition) is 2. The molecule has 0 aliphatic carbocycles. The Labute approximate surface area is 91.3 Å². The van der Waals surface area contributed by atoms with Crippen molar-refractivity contribution < 1.29 is 9.53 Å². The molecule has 1 aromatic rings. The Hall–Kier alpha value is -1.31. The van der Waals surface area contributed by atoms with Crippen molar-refractivity contribution in [1.29, 1.82) is 0 Å². The number of hydrogen-bond donors (Lipinski definition) is 0. The monoisotopic (exact) mass is 206 g/mol. The third kappa shape index (κ3) is 2.58. The second-order valence-electron chi connectivity index (χ2n) is 3.76. The Kier molecular flexibility index (Phi) is 3.89. The highest BCUT2D eigenvalue weighted by Crippen LogP contribution is 2.28. The van der Waals surface area contributed by atoms with Crippen LogP contribution in [0.1, 0.15) is 37.8 Å². The number of carbonyl (C=O) groups is 1. The van der Waals surface area contributed by atoms with Gasteiger partial charge in [0.1, 0.15) is 11.5 Å². The molecule has 0 N–H and O–H groups in total. The van der Waals surface area contributed by atoms with Crippen LogP contribution in [0.2, 0.25) is 0 Å². The maximum Gasteiger partial charge on any atom is 0.137 e. The van der Waals surface area contributed by atoms with E-state index in [1.165, 1.54) is 5.56 Å². The van der Waals surface area contributed by atoms with Crippen LogP contribution in [0.3, 0.4) is 0 Å². The van der Waals surface area contributed by atoms with Gasteiger partial charge in [-0.15, -0.1) is 0 Å². The lowest BCUT2D eigenvalue weighted by Crippen LogP contribution is -2.06. The summed E-state index contributed by atoms with van der Waals surface area (Å²) in [5.74, 6) is 0.878. The van der Waals surface area contributed by atoms with Gasteiger partial charge in [0.2, 0.25) is 0 Å². The van der Waals surface area contributed by atoms with E-state index in [0.717, 1.165) is 17.7 Å². The maximum absolute atomic E-state index is 11.4. The largest absolute Gasteiger partial charge is 0.496 e. The topological polar surface area (TPSA) is 26.3 Å². The highest BCUT2D eigenvalue weighted by molar-refractivity contribution is 5.83. The molecule has 0 aliphatic heterocycles. The molecule has 0 fully saturated rings. The van der Waals surface area contributed by atoms with Gasteiger partial charge in [0.15, 0.2) is 0 Å². The number of ether oxygens (including phenoxy) is 1. The van der Waals surface area contributed by atoms with Gasteiger partial charge >= 0.3 is 0 Å². The quantitative estimate of drug-likeness (QED) is 0.757. The molecular weight excluding hydrogens is 188 g/mol. The second kappa shape index (κ2) is 4.96. The average Bonchev–Trinajstić information content (AvgIpc) is 2.27. The fourth-order valence-electron chi connectivity index (χ4n) is 1.56. The summed E-state index contributed by atoms with van der Waals surface area (Å²) in [5, 5.41) is 0. The van der Waals surface area contributed by atoms with Crippen molar-refractivity contribution in [2.75, 3.05) is 7.11 Å². The standard InChI is InChI=1S/C13H18O2/c1-5-11-6-7-13(15-4)12(8-11)9(2)10(3)14/h6-9H,5H2,1-4H3. The molecule has 0 aromatic heterocycles. The highest BCUT2D eigenvalue weighted by atomic mass is 16.5. The Morgan fingerprint density at radius 1 is 1.47 bits per heavy atom. The van der Waals surface area contributed by atoms with Crippen LogP contribution in [0.5, 0.6) is 5.75 Å². The van der Waals surface area contributed by atoms with Crippen LogP contribution in [0.15, 0.2) is 18.2 Å². The van der Waals surface area contributed by atoms with Gasteiger partial charge in [-0.25, -0.2) is 0 Å². The number of benzene rings is 1. The number of methoxy groups -OCH3 is 1. The van der Waals surface area contributed by atoms with Gasteiger partial charge in [-0.1, -0.05) is 26.0 Å². The smallest absolute Gasteiger partial charge is 0.137 e. The zero-order valence-corrected chi connectivity index (χ0v) is 9.83. The molecule has 0 spiro atoms. The first-order valence-corrected chi connectivity index (χ1v) is 5.27. The Balaban J connectivity index is 3.16. The molecule has 0 radical (unpaired) electrons. The van der Waals surface area contributed by atoms with Crippen LogP contribution >= 0.6 is 0 Å². The Morgan fingerprint density at radius 3 is 2.60 bits per heavy atom. The van der Waals surface area contributed by atoms with Crippen molar-refractivity contribution in [1.82, 2.24) is 0 Å². The minimum absolute atomic E-state index is 0.0913. The Bertz CT molecular complexity index is 356. The molecule has 0 aliphatic rings. The van der Waals surface area contributed by atoms with Gasteiger partial charge in [-0.3, -0.25) is 4.79 Å². The third-order valence-electron chi connectivity index (χ3n) is 2.78. The van der Waals surface area contributed by atoms with Gasteiger partial charge in [-0.2, -0.15) is 0 Å². The lowest BCUT2D eigenvalue weighted by atomic mass is 9.94. The SMILES string of the molecule is CCc1ccc(OC)c(C(C)C(C)=O)c1. The molecule has 0 bridgehead atoms. The van der Waals surface area contributed by atoms with Crippen LogP contribution < -0.4 is 4.74 Å². The van der Waals surface area contributed by atoms with E-state index < -0.39 is 0 Å². The summed E-state index contributed by atoms with van der Waals surface area (Å²) in [5.41, 5.74) is 2.23. The molecule has 0 saturated carbocycles. The van der Waals surface area contributed by atoms with E-state index in [0.29, 0.717) is 0 Å². The number of carbonyl (C=O) groups excluding carboxylic acids is 1. The normalized spacial score (nSPS) is 12.3. The molecule has 0 saturated heterocycles. The van der Waals surface area contributed by atoms with E-state index >= 15 is 0 Å². The van der Waals surface area contributed by atoms with Gasteiger partial charge in [0, 0.05) is 11.5 Å². The van der Waals surface area contributed by atoms with Crippen molar-refractivity contribution in [2.24, 2.45) is 0 Å². The summed E-state index contributed by atoms with van der Waals surface area (Å²) in [4.78, 5) is 11.4. The first-order chi connectivity index (χ1) is 7.10. The fraction of sp³-hybridized carbons (Fsp3) is 0.462. The minimum atomic E-state index is -0.0913. The maximum atomic E-state index is 11.4. The lowest BCUT2D eigenvalue weighted by Gasteiger charge is -2.14. The summed E-state index contributed by atoms with van der Waals surface area (Å²) < 4.78 is 5.26. The molecule has 2 nitrogen and oxygen atoms in total. The minimum Gasteiger partial charge on any atom is -0.496 e. The predicted molar refractivity (Wildman–Crippen MR) is 61.5 cm³/mol. The van der Waals surface area contributed by atoms with E-state index in [2.05, 4.69) is 13.0 Å². The van der Waals surface area contributed by atoms with E-state index in [1.54, 1.807) is 14.0 Å². The van der Waals surface area contributed by atoms with E-state index in [9.17, 15) is 4.79 Å². The third-order valence-corrected chi connectivity index (χ3v) is 2.78. The number of ketones is 1. The van der Waals surface area contributed by atoms with Crippen molar-refractivity contribution in [3.63, 3.8) is 0 Å². The second-order valence-corrected chi connectivity index (χ2v) is 3.76. The molecule has 82 valence electrons. The first-order valence-electron chi connectivity index (χ1n) is 5.27. The molecule has 1 rings (SSSR count). The van der Waals surface area contributed by atoms with Crippen LogP contribution in [0.25, 0.3) is 0 Å². The number of Topliss-reactive ketones (excluding diaryl/α,β-unsaturated/α-hetero) is 1. The molecule has 2 heteroatoms. The summed E-state index contributed by atoms with van der Waals surface area (Å²) in [6, 6.07) is 6.04. The molecule has 1 atom stereocenters. The van der Waals surface area contributed by atoms with E-state index in [-0.39, 0.29) is 11.7 Å². The van der Waals surface area contributed by atoms with Crippen molar-refractivity contribution >= 4 is 5.78 Å². The summed E-state index contributed by atoms with van der Waals surface area (Å²) >= 11 is 0. The predicted octanol–water partition coefficient (Wildman–Crippen LogP) is 2.95. The molecular formula is C13H18O2. The highest BCUT2D eigenvalue weighted by Gasteiger charge is 2.15. The fourth-order valence-corrected chi connectivity index (χ4v) is 1.56. The Morgan fingerprint density at radius 2 is 2.13 bits per heavy atom. The molecule has 0 amide bonds. The molecule has 1 unspecified atom stereocenters. The summed E-state index contributed by atoms with van der Waals surface area (Å²) in [7, 11) is 1.64. The zero-order valence-electron chi connectivity index (χ0n) is 9.83. The van der Waals surface area contributed by atoms with Gasteiger partial charge in [0.25, 0.3) is 0 Å². The van der Waals surface area contributed by atoms with Gasteiger partial charge in [0.05, 0.1) is 7.11 Å². The van der Waals surface area contributed by atoms with E-state index in [4.69, 9.17) is 4.74 Å². The summed E-state index contributed by atoms with van der Waals surface area (Å²) in [6.45, 7) is 5.63. The molecule has 1 aromatic carbocycles. The van der Waals surface area contributed by atoms with Gasteiger partial charge in [-0.05, 0) is 25.0 Å². The van der Waals surface area contributed by atoms with Crippen LogP contribution in [0, 0.1) is 0 Å². The first kappa shape index (κ1) is 11.8. The van der Waals surface area contributed by atoms with Gasteiger partial charge < -0.3 is 4.74 Å². The lowest BCUT2D eigenvalue weighted by molar-refractivity contribution is -0.118. The van der Waals surface area contributed by atoms with Crippen molar-refractivity contribution in [3.8, 4) is 5.75 Å². The van der Waals surface area contributed by atoms with E-state index in [1.807, 2.05) is 19.1 Å². The van der Waals surface area contributed by atoms with Crippen molar-refractivity contribution in [3.05, 3.63) is 29.3 Å². The van der Waals surface area contributed by atoms with Crippen LogP contribution in [0.4, 0.5) is 0 Å². The number of aryl methyl sites for hydroxylation is 1. The molecule has 0 heterocycles. The molecule has 15 heavy (non-hydrogen) atoms.